The molecular formula is C11H16N2O2S. The van der Waals surface area contributed by atoms with E-state index in [4.69, 9.17) is 4.74 Å². The van der Waals surface area contributed by atoms with Crippen molar-refractivity contribution in [1.29, 1.82) is 0 Å². The molecule has 0 fully saturated rings. The zero-order valence-electron chi connectivity index (χ0n) is 9.47. The lowest BCUT2D eigenvalue weighted by Crippen LogP contribution is -2.36. The zero-order valence-corrected chi connectivity index (χ0v) is 10.3. The number of pyridine rings is 1. The highest BCUT2D eigenvalue weighted by molar-refractivity contribution is 7.99. The number of hydrogen-bond acceptors (Lipinski definition) is 4. The Kier molecular flexibility index (Phi) is 5.88. The normalized spacial score (nSPS) is 12.1. The van der Waals surface area contributed by atoms with Crippen LogP contribution in [0.15, 0.2) is 29.4 Å². The SMILES string of the molecule is COC[C@@H](C)NC(=O)CSc1ccccn1. The van der Waals surface area contributed by atoms with Crippen LogP contribution in [0, 0.1) is 0 Å². The van der Waals surface area contributed by atoms with Crippen molar-refractivity contribution >= 4 is 17.7 Å². The summed E-state index contributed by atoms with van der Waals surface area (Å²) in [4.78, 5) is 15.6. The van der Waals surface area contributed by atoms with Crippen LogP contribution in [0.5, 0.6) is 0 Å². The average Bonchev–Trinajstić information content (AvgIpc) is 2.28. The molecule has 1 heterocycles. The fraction of sp³-hybridized carbons (Fsp3) is 0.455. The second-order valence-corrected chi connectivity index (χ2v) is 4.38. The van der Waals surface area contributed by atoms with Gasteiger partial charge in [-0.05, 0) is 19.1 Å². The first-order valence-corrected chi connectivity index (χ1v) is 6.03. The van der Waals surface area contributed by atoms with Gasteiger partial charge in [0.05, 0.1) is 17.4 Å². The number of nitrogens with zero attached hydrogens (tertiary/aromatic N) is 1. The highest BCUT2D eigenvalue weighted by Gasteiger charge is 2.07. The Labute approximate surface area is 99.8 Å². The van der Waals surface area contributed by atoms with E-state index in [1.54, 1.807) is 13.3 Å². The molecule has 1 atom stereocenters. The third-order valence-corrected chi connectivity index (χ3v) is 2.76. The Balaban J connectivity index is 2.25. The van der Waals surface area contributed by atoms with Crippen LogP contribution in [0.3, 0.4) is 0 Å². The molecule has 0 aliphatic carbocycles. The Morgan fingerprint density at radius 2 is 2.44 bits per heavy atom. The quantitative estimate of drug-likeness (QED) is 0.762. The lowest BCUT2D eigenvalue weighted by molar-refractivity contribution is -0.119. The predicted molar refractivity (Wildman–Crippen MR) is 64.4 cm³/mol. The van der Waals surface area contributed by atoms with Crippen molar-refractivity contribution in [3.63, 3.8) is 0 Å². The summed E-state index contributed by atoms with van der Waals surface area (Å²) in [5.74, 6) is 0.380. The molecule has 1 aromatic heterocycles. The Morgan fingerprint density at radius 1 is 1.62 bits per heavy atom. The van der Waals surface area contributed by atoms with Crippen molar-refractivity contribution in [1.82, 2.24) is 10.3 Å². The summed E-state index contributed by atoms with van der Waals surface area (Å²) >= 11 is 1.42. The van der Waals surface area contributed by atoms with E-state index in [1.807, 2.05) is 25.1 Å². The van der Waals surface area contributed by atoms with Crippen molar-refractivity contribution in [3.05, 3.63) is 24.4 Å². The van der Waals surface area contributed by atoms with Gasteiger partial charge in [0.15, 0.2) is 0 Å². The lowest BCUT2D eigenvalue weighted by atomic mass is 10.3. The van der Waals surface area contributed by atoms with E-state index in [-0.39, 0.29) is 11.9 Å². The number of rotatable bonds is 6. The molecular weight excluding hydrogens is 224 g/mol. The summed E-state index contributed by atoms with van der Waals surface area (Å²) < 4.78 is 4.93. The number of thioether (sulfide) groups is 1. The Hall–Kier alpha value is -1.07. The third kappa shape index (κ3) is 5.14. The van der Waals surface area contributed by atoms with Gasteiger partial charge >= 0.3 is 0 Å². The maximum Gasteiger partial charge on any atom is 0.230 e. The van der Waals surface area contributed by atoms with E-state index < -0.39 is 0 Å². The molecule has 0 aromatic carbocycles. The molecule has 5 heteroatoms. The Bertz CT molecular complexity index is 319. The van der Waals surface area contributed by atoms with Gasteiger partial charge in [-0.2, -0.15) is 0 Å². The number of amides is 1. The third-order valence-electron chi connectivity index (χ3n) is 1.81. The fourth-order valence-corrected chi connectivity index (χ4v) is 1.85. The first-order chi connectivity index (χ1) is 7.72. The minimum atomic E-state index is 0.000188. The summed E-state index contributed by atoms with van der Waals surface area (Å²) in [6, 6.07) is 5.68. The van der Waals surface area contributed by atoms with Crippen molar-refractivity contribution in [2.24, 2.45) is 0 Å². The van der Waals surface area contributed by atoms with E-state index in [2.05, 4.69) is 10.3 Å². The molecule has 1 rings (SSSR count). The van der Waals surface area contributed by atoms with Gasteiger partial charge in [-0.25, -0.2) is 4.98 Å². The van der Waals surface area contributed by atoms with Gasteiger partial charge in [-0.15, -0.1) is 0 Å². The highest BCUT2D eigenvalue weighted by Crippen LogP contribution is 2.12. The lowest BCUT2D eigenvalue weighted by Gasteiger charge is -2.12. The monoisotopic (exact) mass is 240 g/mol. The molecule has 0 aliphatic heterocycles. The van der Waals surface area contributed by atoms with Crippen LogP contribution >= 0.6 is 11.8 Å². The summed E-state index contributed by atoms with van der Waals surface area (Å²) in [5, 5.41) is 3.70. The van der Waals surface area contributed by atoms with Crippen molar-refractivity contribution in [2.45, 2.75) is 18.0 Å². The highest BCUT2D eigenvalue weighted by atomic mass is 32.2. The number of nitrogens with one attached hydrogen (secondary N) is 1. The molecule has 4 nitrogen and oxygen atoms in total. The Morgan fingerprint density at radius 3 is 3.06 bits per heavy atom. The molecule has 0 bridgehead atoms. The topological polar surface area (TPSA) is 51.2 Å². The van der Waals surface area contributed by atoms with Crippen LogP contribution in [0.4, 0.5) is 0 Å². The number of aromatic nitrogens is 1. The second-order valence-electron chi connectivity index (χ2n) is 3.38. The summed E-state index contributed by atoms with van der Waals surface area (Å²) in [6.45, 7) is 2.44. The van der Waals surface area contributed by atoms with Gasteiger partial charge < -0.3 is 10.1 Å². The zero-order chi connectivity index (χ0) is 11.8. The molecule has 0 radical (unpaired) electrons. The minimum absolute atomic E-state index is 0.000188. The molecule has 88 valence electrons. The van der Waals surface area contributed by atoms with Crippen LogP contribution in [-0.4, -0.2) is 36.4 Å². The number of carbonyl (C=O) groups is 1. The van der Waals surface area contributed by atoms with Crippen LogP contribution in [0.2, 0.25) is 0 Å². The minimum Gasteiger partial charge on any atom is -0.383 e. The largest absolute Gasteiger partial charge is 0.383 e. The van der Waals surface area contributed by atoms with Crippen LogP contribution < -0.4 is 5.32 Å². The van der Waals surface area contributed by atoms with Gasteiger partial charge in [0.25, 0.3) is 0 Å². The number of carbonyl (C=O) groups excluding carboxylic acids is 1. The molecule has 0 saturated carbocycles. The first kappa shape index (κ1) is 13.0. The van der Waals surface area contributed by atoms with Gasteiger partial charge in [0.2, 0.25) is 5.91 Å². The van der Waals surface area contributed by atoms with Gasteiger partial charge in [0, 0.05) is 19.3 Å². The predicted octanol–water partition coefficient (Wildman–Crippen LogP) is 1.32. The molecule has 0 aliphatic rings. The summed E-state index contributed by atoms with van der Waals surface area (Å²) in [7, 11) is 1.62. The number of ether oxygens (including phenoxy) is 1. The van der Waals surface area contributed by atoms with Crippen LogP contribution in [-0.2, 0) is 9.53 Å². The fourth-order valence-electron chi connectivity index (χ4n) is 1.18. The van der Waals surface area contributed by atoms with E-state index in [0.29, 0.717) is 12.4 Å². The van der Waals surface area contributed by atoms with Gasteiger partial charge in [-0.3, -0.25) is 4.79 Å². The van der Waals surface area contributed by atoms with Gasteiger partial charge in [-0.1, -0.05) is 17.8 Å². The maximum absolute atomic E-state index is 11.5. The first-order valence-electron chi connectivity index (χ1n) is 5.04. The molecule has 0 saturated heterocycles. The van der Waals surface area contributed by atoms with Crippen LogP contribution in [0.25, 0.3) is 0 Å². The van der Waals surface area contributed by atoms with E-state index in [0.717, 1.165) is 5.03 Å². The molecule has 16 heavy (non-hydrogen) atoms. The van der Waals surface area contributed by atoms with Crippen molar-refractivity contribution < 1.29 is 9.53 Å². The molecule has 0 unspecified atom stereocenters. The second kappa shape index (κ2) is 7.24. The van der Waals surface area contributed by atoms with E-state index >= 15 is 0 Å². The standard InChI is InChI=1S/C11H16N2O2S/c1-9(7-15-2)13-10(14)8-16-11-5-3-4-6-12-11/h3-6,9H,7-8H2,1-2H3,(H,13,14)/t9-/m1/s1. The molecule has 1 N–H and O–H groups in total. The van der Waals surface area contributed by atoms with Crippen LogP contribution in [0.1, 0.15) is 6.92 Å². The van der Waals surface area contributed by atoms with E-state index in [1.165, 1.54) is 11.8 Å². The van der Waals surface area contributed by atoms with E-state index in [9.17, 15) is 4.79 Å². The van der Waals surface area contributed by atoms with Crippen molar-refractivity contribution in [3.8, 4) is 0 Å². The maximum atomic E-state index is 11.5. The number of methoxy groups -OCH3 is 1. The van der Waals surface area contributed by atoms with Crippen molar-refractivity contribution in [2.75, 3.05) is 19.5 Å². The van der Waals surface area contributed by atoms with Gasteiger partial charge in [0.1, 0.15) is 0 Å². The summed E-state index contributed by atoms with van der Waals surface area (Å²) in [6.07, 6.45) is 1.72. The smallest absolute Gasteiger partial charge is 0.230 e. The number of hydrogen-bond donors (Lipinski definition) is 1. The molecule has 1 amide bonds. The summed E-state index contributed by atoms with van der Waals surface area (Å²) in [5.41, 5.74) is 0. The average molecular weight is 240 g/mol. The molecule has 1 aromatic rings. The molecule has 0 spiro atoms.